The zero-order valence-corrected chi connectivity index (χ0v) is 8.89. The molecule has 0 unspecified atom stereocenters. The fourth-order valence-corrected chi connectivity index (χ4v) is 0. The van der Waals surface area contributed by atoms with Gasteiger partial charge < -0.3 is 19.2 Å². The van der Waals surface area contributed by atoms with Gasteiger partial charge in [0.2, 0.25) is 0 Å². The molecule has 0 atom stereocenters. The van der Waals surface area contributed by atoms with E-state index in [9.17, 15) is 0 Å². The summed E-state index contributed by atoms with van der Waals surface area (Å²) in [4.78, 5) is 31.8. The van der Waals surface area contributed by atoms with Gasteiger partial charge in [-0.15, -0.1) is 0 Å². The zero-order valence-electron chi connectivity index (χ0n) is 4.92. The molecule has 0 aliphatic carbocycles. The normalized spacial score (nSPS) is 7.50. The van der Waals surface area contributed by atoms with Crippen molar-refractivity contribution in [2.24, 2.45) is 0 Å². The third-order valence-electron chi connectivity index (χ3n) is 0. The SMILES string of the molecule is [Li+].[Li+].[O-][Si]([O-])(O)O.[Zn]. The summed E-state index contributed by atoms with van der Waals surface area (Å²) in [6.45, 7) is 0. The summed E-state index contributed by atoms with van der Waals surface area (Å²) in [6.07, 6.45) is 0. The molecule has 0 aromatic carbocycles. The van der Waals surface area contributed by atoms with Crippen LogP contribution in [0.5, 0.6) is 0 Å². The molecule has 0 bridgehead atoms. The van der Waals surface area contributed by atoms with E-state index in [-0.39, 0.29) is 57.2 Å². The fraction of sp³-hybridized carbons (Fsp3) is 0. The first-order valence-electron chi connectivity index (χ1n) is 0.855. The first-order chi connectivity index (χ1) is 2.00. The van der Waals surface area contributed by atoms with Gasteiger partial charge in [-0.1, -0.05) is 0 Å². The van der Waals surface area contributed by atoms with Crippen molar-refractivity contribution in [3.05, 3.63) is 0 Å². The molecule has 0 radical (unpaired) electrons. The van der Waals surface area contributed by atoms with Gasteiger partial charge in [0, 0.05) is 19.5 Å². The van der Waals surface area contributed by atoms with E-state index in [0.29, 0.717) is 0 Å². The van der Waals surface area contributed by atoms with Crippen LogP contribution in [0.3, 0.4) is 0 Å². The molecule has 0 amide bonds. The van der Waals surface area contributed by atoms with Crippen LogP contribution in [0.25, 0.3) is 0 Å². The topological polar surface area (TPSA) is 86.6 Å². The molecule has 0 spiro atoms. The Morgan fingerprint density at radius 3 is 1.00 bits per heavy atom. The molecule has 0 aliphatic heterocycles. The average Bonchev–Trinajstić information content (AvgIpc) is 0.722. The molecule has 0 aromatic heterocycles. The minimum atomic E-state index is -5.11. The summed E-state index contributed by atoms with van der Waals surface area (Å²) in [5, 5.41) is 0. The van der Waals surface area contributed by atoms with Crippen LogP contribution in [-0.2, 0) is 19.5 Å². The first kappa shape index (κ1) is 22.5. The van der Waals surface area contributed by atoms with E-state index in [0.717, 1.165) is 0 Å². The predicted molar refractivity (Wildman–Crippen MR) is 10.2 cm³/mol. The molecule has 4 nitrogen and oxygen atoms in total. The maximum absolute atomic E-state index is 8.80. The molecule has 0 saturated carbocycles. The number of rotatable bonds is 0. The largest absolute Gasteiger partial charge is 1.00 e. The van der Waals surface area contributed by atoms with Crippen molar-refractivity contribution in [2.75, 3.05) is 0 Å². The van der Waals surface area contributed by atoms with Crippen molar-refractivity contribution in [2.45, 2.75) is 0 Å². The molecule has 0 heterocycles. The van der Waals surface area contributed by atoms with E-state index >= 15 is 0 Å². The van der Waals surface area contributed by atoms with Gasteiger partial charge >= 0.3 is 37.7 Å². The molecular weight excluding hydrogens is 171 g/mol. The van der Waals surface area contributed by atoms with Crippen LogP contribution in [0, 0.1) is 0 Å². The second-order valence-corrected chi connectivity index (χ2v) is 1.65. The van der Waals surface area contributed by atoms with Crippen molar-refractivity contribution in [3.8, 4) is 0 Å². The standard InChI is InChI=1S/2Li.H2O4Si.Zn/c;;1-5(2,3)4;/h;;1-2H;/q2*+1;-2;. The summed E-state index contributed by atoms with van der Waals surface area (Å²) in [5.41, 5.74) is 0. The van der Waals surface area contributed by atoms with Crippen molar-refractivity contribution >= 4 is 9.05 Å². The third-order valence-corrected chi connectivity index (χ3v) is 0. The summed E-state index contributed by atoms with van der Waals surface area (Å²) in [7, 11) is -5.11. The molecule has 0 aliphatic rings. The quantitative estimate of drug-likeness (QED) is 0.356. The van der Waals surface area contributed by atoms with Gasteiger partial charge in [0.15, 0.2) is 0 Å². The van der Waals surface area contributed by atoms with Gasteiger partial charge in [0.1, 0.15) is 9.05 Å². The summed E-state index contributed by atoms with van der Waals surface area (Å²) >= 11 is 0. The zero-order chi connectivity index (χ0) is 4.50. The molecule has 34 valence electrons. The van der Waals surface area contributed by atoms with E-state index < -0.39 is 9.05 Å². The van der Waals surface area contributed by atoms with Gasteiger partial charge in [0.25, 0.3) is 0 Å². The van der Waals surface area contributed by atoms with Crippen LogP contribution < -0.4 is 47.3 Å². The van der Waals surface area contributed by atoms with E-state index in [4.69, 9.17) is 19.2 Å². The van der Waals surface area contributed by atoms with E-state index in [1.165, 1.54) is 0 Å². The van der Waals surface area contributed by atoms with Crippen LogP contribution in [0.1, 0.15) is 0 Å². The van der Waals surface area contributed by atoms with Crippen LogP contribution in [0.2, 0.25) is 0 Å². The van der Waals surface area contributed by atoms with Crippen molar-refractivity contribution in [1.82, 2.24) is 0 Å². The maximum atomic E-state index is 8.80. The van der Waals surface area contributed by atoms with Gasteiger partial charge in [-0.25, -0.2) is 0 Å². The Morgan fingerprint density at radius 1 is 1.00 bits per heavy atom. The monoisotopic (exact) mass is 172 g/mol. The second-order valence-electron chi connectivity index (χ2n) is 0.548. The molecule has 0 rings (SSSR count). The van der Waals surface area contributed by atoms with Gasteiger partial charge in [-0.2, -0.15) is 0 Å². The van der Waals surface area contributed by atoms with E-state index in [1.807, 2.05) is 0 Å². The number of hydrogen-bond acceptors (Lipinski definition) is 4. The fourth-order valence-electron chi connectivity index (χ4n) is 0. The average molecular weight is 173 g/mol. The van der Waals surface area contributed by atoms with Crippen molar-refractivity contribution < 1.29 is 76.4 Å². The predicted octanol–water partition coefficient (Wildman–Crippen LogP) is -9.87. The Kier molecular flexibility index (Phi) is 25.0. The molecule has 0 aromatic rings. The second kappa shape index (κ2) is 8.88. The summed E-state index contributed by atoms with van der Waals surface area (Å²) < 4.78 is 0. The first-order valence-corrected chi connectivity index (χ1v) is 2.57. The Labute approximate surface area is 84.9 Å². The molecule has 8 heavy (non-hydrogen) atoms. The molecule has 2 N–H and O–H groups in total. The third kappa shape index (κ3) is 106. The molecule has 0 saturated heterocycles. The van der Waals surface area contributed by atoms with Crippen LogP contribution in [0.4, 0.5) is 0 Å². The summed E-state index contributed by atoms with van der Waals surface area (Å²) in [5.74, 6) is 0. The number of hydrogen-bond donors (Lipinski definition) is 2. The van der Waals surface area contributed by atoms with Gasteiger partial charge in [0.05, 0.1) is 0 Å². The smallest absolute Gasteiger partial charge is 0.828 e. The van der Waals surface area contributed by atoms with Crippen molar-refractivity contribution in [3.63, 3.8) is 0 Å². The Morgan fingerprint density at radius 2 is 1.00 bits per heavy atom. The Hall–Kier alpha value is 1.88. The van der Waals surface area contributed by atoms with Gasteiger partial charge in [-0.3, -0.25) is 0 Å². The van der Waals surface area contributed by atoms with E-state index in [1.54, 1.807) is 0 Å². The molecule has 0 fully saturated rings. The Balaban J connectivity index is -0.0000000267. The molecular formula is H2Li2O4SiZn. The molecule has 8 heteroatoms. The van der Waals surface area contributed by atoms with Crippen LogP contribution in [0.15, 0.2) is 0 Å². The van der Waals surface area contributed by atoms with Gasteiger partial charge in [-0.05, 0) is 0 Å². The minimum Gasteiger partial charge on any atom is -0.828 e. The summed E-state index contributed by atoms with van der Waals surface area (Å²) in [6, 6.07) is 0. The van der Waals surface area contributed by atoms with Crippen LogP contribution in [-0.4, -0.2) is 18.6 Å². The van der Waals surface area contributed by atoms with E-state index in [2.05, 4.69) is 0 Å². The Bertz CT molecular complexity index is 29.5. The minimum absolute atomic E-state index is 0. The van der Waals surface area contributed by atoms with Crippen LogP contribution >= 0.6 is 0 Å². The van der Waals surface area contributed by atoms with Crippen molar-refractivity contribution in [1.29, 1.82) is 0 Å². The maximum Gasteiger partial charge on any atom is 1.00 e.